The predicted octanol–water partition coefficient (Wildman–Crippen LogP) is 1.45. The largest absolute Gasteiger partial charge is 0.349 e. The van der Waals surface area contributed by atoms with Gasteiger partial charge in [0.2, 0.25) is 0 Å². The van der Waals surface area contributed by atoms with Gasteiger partial charge in [0, 0.05) is 56.7 Å². The molecule has 116 valence electrons. The molecule has 1 atom stereocenters. The normalized spacial score (nSPS) is 22.1. The monoisotopic (exact) mass is 298 g/mol. The molecule has 4 rings (SSSR count). The summed E-state index contributed by atoms with van der Waals surface area (Å²) in [5.74, 6) is 1.09. The first kappa shape index (κ1) is 13.7. The van der Waals surface area contributed by atoms with Gasteiger partial charge in [0.25, 0.3) is 0 Å². The van der Waals surface area contributed by atoms with Gasteiger partial charge in [-0.05, 0) is 25.3 Å². The average Bonchev–Trinajstić information content (AvgIpc) is 3.12. The standard InChI is InChI=1S/C16H22N6/c1-20-9-13(8-19-20)10-21-7-5-15(11-21)22(14-2-3-14)16-4-6-17-12-18-16/h4,6,8-9,12,14-15H,2-3,5,7,10-11H2,1H3. The number of hydrogen-bond acceptors (Lipinski definition) is 5. The number of aryl methyl sites for hydroxylation is 1. The fraction of sp³-hybridized carbons (Fsp3) is 0.562. The fourth-order valence-electron chi connectivity index (χ4n) is 3.46. The zero-order valence-corrected chi connectivity index (χ0v) is 13.0. The lowest BCUT2D eigenvalue weighted by atomic mass is 10.2. The molecule has 2 fully saturated rings. The Labute approximate surface area is 130 Å². The van der Waals surface area contributed by atoms with E-state index < -0.39 is 0 Å². The van der Waals surface area contributed by atoms with Gasteiger partial charge < -0.3 is 4.90 Å². The van der Waals surface area contributed by atoms with Gasteiger partial charge in [-0.15, -0.1) is 0 Å². The molecule has 3 heterocycles. The number of likely N-dealkylation sites (tertiary alicyclic amines) is 1. The van der Waals surface area contributed by atoms with Crippen molar-refractivity contribution in [1.82, 2.24) is 24.6 Å². The lowest BCUT2D eigenvalue weighted by Crippen LogP contribution is -2.39. The molecule has 1 saturated carbocycles. The van der Waals surface area contributed by atoms with Gasteiger partial charge in [-0.25, -0.2) is 9.97 Å². The Morgan fingerprint density at radius 1 is 1.27 bits per heavy atom. The Morgan fingerprint density at radius 2 is 2.18 bits per heavy atom. The van der Waals surface area contributed by atoms with Crippen molar-refractivity contribution < 1.29 is 0 Å². The molecule has 1 unspecified atom stereocenters. The quantitative estimate of drug-likeness (QED) is 0.836. The summed E-state index contributed by atoms with van der Waals surface area (Å²) in [5.41, 5.74) is 1.29. The van der Waals surface area contributed by atoms with Gasteiger partial charge in [0.05, 0.1) is 6.20 Å². The Kier molecular flexibility index (Phi) is 3.54. The second kappa shape index (κ2) is 5.68. The van der Waals surface area contributed by atoms with Crippen LogP contribution in [0.3, 0.4) is 0 Å². The first-order chi connectivity index (χ1) is 10.8. The zero-order valence-electron chi connectivity index (χ0n) is 13.0. The number of rotatable bonds is 5. The van der Waals surface area contributed by atoms with Crippen LogP contribution in [0.25, 0.3) is 0 Å². The molecule has 1 aliphatic heterocycles. The Morgan fingerprint density at radius 3 is 2.86 bits per heavy atom. The van der Waals surface area contributed by atoms with Crippen molar-refractivity contribution >= 4 is 5.82 Å². The summed E-state index contributed by atoms with van der Waals surface area (Å²) < 4.78 is 1.88. The third-order valence-electron chi connectivity index (χ3n) is 4.58. The number of nitrogens with zero attached hydrogens (tertiary/aromatic N) is 6. The van der Waals surface area contributed by atoms with Crippen LogP contribution >= 0.6 is 0 Å². The molecule has 2 aliphatic rings. The molecule has 6 nitrogen and oxygen atoms in total. The van der Waals surface area contributed by atoms with Crippen molar-refractivity contribution in [3.8, 4) is 0 Å². The predicted molar refractivity (Wildman–Crippen MR) is 84.4 cm³/mol. The van der Waals surface area contributed by atoms with Gasteiger partial charge in [-0.2, -0.15) is 5.10 Å². The Balaban J connectivity index is 1.44. The third kappa shape index (κ3) is 2.83. The maximum absolute atomic E-state index is 4.48. The Hall–Kier alpha value is -1.95. The summed E-state index contributed by atoms with van der Waals surface area (Å²) in [4.78, 5) is 13.6. The van der Waals surface area contributed by atoms with E-state index in [4.69, 9.17) is 0 Å². The third-order valence-corrected chi connectivity index (χ3v) is 4.58. The highest BCUT2D eigenvalue weighted by molar-refractivity contribution is 5.42. The van der Waals surface area contributed by atoms with Crippen molar-refractivity contribution in [2.75, 3.05) is 18.0 Å². The summed E-state index contributed by atoms with van der Waals surface area (Å²) in [6.45, 7) is 3.25. The smallest absolute Gasteiger partial charge is 0.132 e. The second-order valence-electron chi connectivity index (χ2n) is 6.41. The fourth-order valence-corrected chi connectivity index (χ4v) is 3.46. The van der Waals surface area contributed by atoms with Crippen molar-refractivity contribution in [3.05, 3.63) is 36.5 Å². The van der Waals surface area contributed by atoms with Crippen molar-refractivity contribution in [3.63, 3.8) is 0 Å². The highest BCUT2D eigenvalue weighted by Gasteiger charge is 2.37. The molecule has 0 bridgehead atoms. The number of aromatic nitrogens is 4. The van der Waals surface area contributed by atoms with Crippen LogP contribution in [0.2, 0.25) is 0 Å². The maximum Gasteiger partial charge on any atom is 0.132 e. The molecular formula is C16H22N6. The van der Waals surface area contributed by atoms with Crippen LogP contribution in [-0.4, -0.2) is 49.8 Å². The van der Waals surface area contributed by atoms with E-state index in [1.807, 2.05) is 30.2 Å². The Bertz CT molecular complexity index is 621. The van der Waals surface area contributed by atoms with Crippen LogP contribution in [0.4, 0.5) is 5.82 Å². The summed E-state index contributed by atoms with van der Waals surface area (Å²) in [6, 6.07) is 3.29. The van der Waals surface area contributed by atoms with Crippen molar-refractivity contribution in [2.45, 2.75) is 37.9 Å². The van der Waals surface area contributed by atoms with Crippen LogP contribution in [-0.2, 0) is 13.6 Å². The molecule has 0 spiro atoms. The highest BCUT2D eigenvalue weighted by Crippen LogP contribution is 2.34. The van der Waals surface area contributed by atoms with E-state index >= 15 is 0 Å². The SMILES string of the molecule is Cn1cc(CN2CCC(N(c3ccncn3)C3CC3)C2)cn1. The molecule has 1 saturated heterocycles. The van der Waals surface area contributed by atoms with Gasteiger partial charge in [0.1, 0.15) is 12.1 Å². The van der Waals surface area contributed by atoms with Crippen LogP contribution in [0.1, 0.15) is 24.8 Å². The molecule has 0 radical (unpaired) electrons. The number of anilines is 1. The number of hydrogen-bond donors (Lipinski definition) is 0. The summed E-state index contributed by atoms with van der Waals surface area (Å²) in [7, 11) is 1.97. The first-order valence-corrected chi connectivity index (χ1v) is 8.04. The minimum absolute atomic E-state index is 0.569. The topological polar surface area (TPSA) is 50.1 Å². The van der Waals surface area contributed by atoms with Gasteiger partial charge in [-0.3, -0.25) is 9.58 Å². The van der Waals surface area contributed by atoms with E-state index in [9.17, 15) is 0 Å². The minimum atomic E-state index is 0.569. The first-order valence-electron chi connectivity index (χ1n) is 8.04. The van der Waals surface area contributed by atoms with Crippen molar-refractivity contribution in [1.29, 1.82) is 0 Å². The molecular weight excluding hydrogens is 276 g/mol. The molecule has 22 heavy (non-hydrogen) atoms. The van der Waals surface area contributed by atoms with Crippen molar-refractivity contribution in [2.24, 2.45) is 7.05 Å². The molecule has 1 aliphatic carbocycles. The average molecular weight is 298 g/mol. The van der Waals surface area contributed by atoms with E-state index in [0.717, 1.165) is 25.5 Å². The van der Waals surface area contributed by atoms with E-state index in [1.165, 1.54) is 24.8 Å². The van der Waals surface area contributed by atoms with Gasteiger partial charge in [-0.1, -0.05) is 0 Å². The second-order valence-corrected chi connectivity index (χ2v) is 6.41. The van der Waals surface area contributed by atoms with E-state index in [1.54, 1.807) is 6.33 Å². The molecule has 0 amide bonds. The molecule has 6 heteroatoms. The minimum Gasteiger partial charge on any atom is -0.349 e. The van der Waals surface area contributed by atoms with E-state index in [2.05, 4.69) is 31.1 Å². The summed E-state index contributed by atoms with van der Waals surface area (Å²) in [6.07, 6.45) is 11.4. The lowest BCUT2D eigenvalue weighted by molar-refractivity contribution is 0.324. The lowest BCUT2D eigenvalue weighted by Gasteiger charge is -2.30. The summed E-state index contributed by atoms with van der Waals surface area (Å²) in [5, 5.41) is 4.26. The molecule has 0 aromatic carbocycles. The van der Waals surface area contributed by atoms with E-state index in [-0.39, 0.29) is 0 Å². The molecule has 0 N–H and O–H groups in total. The molecule has 2 aromatic heterocycles. The van der Waals surface area contributed by atoms with Crippen LogP contribution in [0.15, 0.2) is 31.0 Å². The maximum atomic E-state index is 4.48. The van der Waals surface area contributed by atoms with Crippen LogP contribution in [0.5, 0.6) is 0 Å². The van der Waals surface area contributed by atoms with Gasteiger partial charge >= 0.3 is 0 Å². The van der Waals surface area contributed by atoms with Crippen LogP contribution < -0.4 is 4.90 Å². The van der Waals surface area contributed by atoms with E-state index in [0.29, 0.717) is 12.1 Å². The molecule has 2 aromatic rings. The zero-order chi connectivity index (χ0) is 14.9. The summed E-state index contributed by atoms with van der Waals surface area (Å²) >= 11 is 0. The highest BCUT2D eigenvalue weighted by atomic mass is 15.3. The van der Waals surface area contributed by atoms with Crippen LogP contribution in [0, 0.1) is 0 Å². The van der Waals surface area contributed by atoms with Gasteiger partial charge in [0.15, 0.2) is 0 Å².